The largest absolute Gasteiger partial charge is 0.480 e. The molecule has 6 nitrogen and oxygen atoms in total. The molecular formula is C12H19NO5. The molecular weight excluding hydrogens is 238 g/mol. The first-order chi connectivity index (χ1) is 8.46. The van der Waals surface area contributed by atoms with Crippen LogP contribution in [0.4, 0.5) is 0 Å². The molecule has 0 atom stereocenters. The van der Waals surface area contributed by atoms with Crippen LogP contribution in [0.1, 0.15) is 33.1 Å². The molecule has 0 radical (unpaired) electrons. The lowest BCUT2D eigenvalue weighted by Gasteiger charge is -2.23. The minimum absolute atomic E-state index is 0.0628. The summed E-state index contributed by atoms with van der Waals surface area (Å²) >= 11 is 0. The Bertz CT molecular complexity index is 348. The summed E-state index contributed by atoms with van der Waals surface area (Å²) < 4.78 is 4.84. The molecule has 1 aliphatic heterocycles. The monoisotopic (exact) mass is 257 g/mol. The minimum Gasteiger partial charge on any atom is -0.480 e. The van der Waals surface area contributed by atoms with Gasteiger partial charge in [0, 0.05) is 6.42 Å². The highest BCUT2D eigenvalue weighted by Crippen LogP contribution is 2.38. The summed E-state index contributed by atoms with van der Waals surface area (Å²) in [6.45, 7) is 3.58. The van der Waals surface area contributed by atoms with Gasteiger partial charge < -0.3 is 9.84 Å². The zero-order chi connectivity index (χ0) is 13.8. The summed E-state index contributed by atoms with van der Waals surface area (Å²) in [7, 11) is 0. The number of carbonyl (C=O) groups excluding carboxylic acids is 2. The molecule has 1 saturated heterocycles. The van der Waals surface area contributed by atoms with Gasteiger partial charge in [-0.3, -0.25) is 14.5 Å². The van der Waals surface area contributed by atoms with Crippen molar-refractivity contribution < 1.29 is 24.2 Å². The Morgan fingerprint density at radius 3 is 2.44 bits per heavy atom. The number of rotatable bonds is 7. The van der Waals surface area contributed by atoms with Crippen LogP contribution in [-0.2, 0) is 19.1 Å². The molecule has 6 heteroatoms. The van der Waals surface area contributed by atoms with E-state index in [1.54, 1.807) is 0 Å². The van der Waals surface area contributed by atoms with E-state index < -0.39 is 18.0 Å². The maximum absolute atomic E-state index is 12.2. The fourth-order valence-electron chi connectivity index (χ4n) is 2.20. The van der Waals surface area contributed by atoms with E-state index in [0.717, 1.165) is 0 Å². The third-order valence-electron chi connectivity index (χ3n) is 3.53. The number of likely N-dealkylation sites (tertiary alicyclic amines) is 1. The summed E-state index contributed by atoms with van der Waals surface area (Å²) in [6.07, 6.45) is 1.53. The Labute approximate surface area is 106 Å². The van der Waals surface area contributed by atoms with Crippen LogP contribution in [0.25, 0.3) is 0 Å². The molecule has 102 valence electrons. The number of hydrogen-bond donors (Lipinski definition) is 1. The summed E-state index contributed by atoms with van der Waals surface area (Å²) in [5.41, 5.74) is -0.566. The van der Waals surface area contributed by atoms with E-state index >= 15 is 0 Å². The highest BCUT2D eigenvalue weighted by atomic mass is 16.5. The Morgan fingerprint density at radius 2 is 2.00 bits per heavy atom. The maximum atomic E-state index is 12.2. The number of ether oxygens (including phenoxy) is 1. The molecule has 0 aliphatic carbocycles. The third kappa shape index (κ3) is 2.87. The van der Waals surface area contributed by atoms with Gasteiger partial charge in [0.15, 0.2) is 0 Å². The zero-order valence-electron chi connectivity index (χ0n) is 10.8. The summed E-state index contributed by atoms with van der Waals surface area (Å²) in [6, 6.07) is 0. The molecule has 0 aromatic carbocycles. The predicted molar refractivity (Wildman–Crippen MR) is 62.8 cm³/mol. The molecule has 0 bridgehead atoms. The highest BCUT2D eigenvalue weighted by molar-refractivity contribution is 6.05. The number of carboxylic acid groups (broad SMARTS) is 1. The minimum atomic E-state index is -1.06. The van der Waals surface area contributed by atoms with Gasteiger partial charge in [-0.05, 0) is 12.8 Å². The van der Waals surface area contributed by atoms with Gasteiger partial charge in [0.1, 0.15) is 6.61 Å². The average molecular weight is 257 g/mol. The molecule has 0 unspecified atom stereocenters. The summed E-state index contributed by atoms with van der Waals surface area (Å²) in [4.78, 5) is 35.4. The maximum Gasteiger partial charge on any atom is 0.329 e. The number of nitrogens with zero attached hydrogens (tertiary/aromatic N) is 1. The van der Waals surface area contributed by atoms with E-state index in [9.17, 15) is 14.4 Å². The second-order valence-corrected chi connectivity index (χ2v) is 4.46. The van der Waals surface area contributed by atoms with Crippen LogP contribution < -0.4 is 0 Å². The van der Waals surface area contributed by atoms with Gasteiger partial charge in [0.25, 0.3) is 0 Å². The van der Waals surface area contributed by atoms with Crippen molar-refractivity contribution in [3.63, 3.8) is 0 Å². The Balaban J connectivity index is 2.54. The van der Waals surface area contributed by atoms with Gasteiger partial charge >= 0.3 is 5.97 Å². The number of carboxylic acids is 1. The van der Waals surface area contributed by atoms with E-state index in [2.05, 4.69) is 0 Å². The van der Waals surface area contributed by atoms with E-state index in [1.165, 1.54) is 4.90 Å². The Kier molecular flexibility index (Phi) is 4.84. The second-order valence-electron chi connectivity index (χ2n) is 4.46. The predicted octanol–water partition coefficient (Wildman–Crippen LogP) is 0.653. The topological polar surface area (TPSA) is 83.9 Å². The molecule has 1 fully saturated rings. The van der Waals surface area contributed by atoms with Crippen molar-refractivity contribution in [2.45, 2.75) is 33.1 Å². The molecule has 1 heterocycles. The van der Waals surface area contributed by atoms with Gasteiger partial charge in [-0.15, -0.1) is 0 Å². The Hall–Kier alpha value is -1.43. The standard InChI is InChI=1S/C12H19NO5/c1-3-12(4-2)7-9(14)13(11(12)17)5-6-18-8-10(15)16/h3-8H2,1-2H3,(H,15,16). The Morgan fingerprint density at radius 1 is 1.39 bits per heavy atom. The van der Waals surface area contributed by atoms with Crippen molar-refractivity contribution >= 4 is 17.8 Å². The van der Waals surface area contributed by atoms with E-state index in [-0.39, 0.29) is 31.4 Å². The average Bonchev–Trinajstić information content (AvgIpc) is 2.58. The lowest BCUT2D eigenvalue weighted by Crippen LogP contribution is -2.37. The van der Waals surface area contributed by atoms with Crippen molar-refractivity contribution in [3.8, 4) is 0 Å². The summed E-state index contributed by atoms with van der Waals surface area (Å²) in [5, 5.41) is 8.40. The number of hydrogen-bond acceptors (Lipinski definition) is 4. The highest BCUT2D eigenvalue weighted by Gasteiger charge is 2.48. The fraction of sp³-hybridized carbons (Fsp3) is 0.750. The van der Waals surface area contributed by atoms with Crippen LogP contribution >= 0.6 is 0 Å². The van der Waals surface area contributed by atoms with E-state index in [0.29, 0.717) is 12.8 Å². The van der Waals surface area contributed by atoms with E-state index in [4.69, 9.17) is 9.84 Å². The zero-order valence-corrected chi connectivity index (χ0v) is 10.8. The van der Waals surface area contributed by atoms with Crippen molar-refractivity contribution in [2.75, 3.05) is 19.8 Å². The molecule has 0 saturated carbocycles. The SMILES string of the molecule is CCC1(CC)CC(=O)N(CCOCC(=O)O)C1=O. The number of amides is 2. The van der Waals surface area contributed by atoms with Gasteiger partial charge in [-0.25, -0.2) is 4.79 Å². The van der Waals surface area contributed by atoms with Crippen molar-refractivity contribution in [1.82, 2.24) is 4.90 Å². The number of imide groups is 1. The van der Waals surface area contributed by atoms with Gasteiger partial charge in [0.2, 0.25) is 11.8 Å². The van der Waals surface area contributed by atoms with Crippen LogP contribution in [0.5, 0.6) is 0 Å². The summed E-state index contributed by atoms with van der Waals surface area (Å²) in [5.74, 6) is -1.41. The molecule has 2 amide bonds. The van der Waals surface area contributed by atoms with Gasteiger partial charge in [-0.2, -0.15) is 0 Å². The first-order valence-corrected chi connectivity index (χ1v) is 6.11. The third-order valence-corrected chi connectivity index (χ3v) is 3.53. The van der Waals surface area contributed by atoms with Crippen LogP contribution in [0.2, 0.25) is 0 Å². The van der Waals surface area contributed by atoms with Crippen LogP contribution in [0.3, 0.4) is 0 Å². The second kappa shape index (κ2) is 5.95. The quantitative estimate of drug-likeness (QED) is 0.535. The fourth-order valence-corrected chi connectivity index (χ4v) is 2.20. The molecule has 0 spiro atoms. The van der Waals surface area contributed by atoms with Crippen molar-refractivity contribution in [1.29, 1.82) is 0 Å². The van der Waals surface area contributed by atoms with Crippen LogP contribution in [-0.4, -0.2) is 47.5 Å². The number of aliphatic carboxylic acids is 1. The smallest absolute Gasteiger partial charge is 0.329 e. The molecule has 18 heavy (non-hydrogen) atoms. The first-order valence-electron chi connectivity index (χ1n) is 6.11. The molecule has 0 aromatic rings. The lowest BCUT2D eigenvalue weighted by atomic mass is 9.81. The molecule has 1 rings (SSSR count). The number of carbonyl (C=O) groups is 3. The molecule has 0 aromatic heterocycles. The molecule has 1 N–H and O–H groups in total. The van der Waals surface area contributed by atoms with Crippen molar-refractivity contribution in [3.05, 3.63) is 0 Å². The van der Waals surface area contributed by atoms with Gasteiger partial charge in [0.05, 0.1) is 18.6 Å². The normalized spacial score (nSPS) is 18.4. The van der Waals surface area contributed by atoms with Crippen LogP contribution in [0.15, 0.2) is 0 Å². The van der Waals surface area contributed by atoms with Crippen LogP contribution in [0, 0.1) is 5.41 Å². The lowest BCUT2D eigenvalue weighted by molar-refractivity contribution is -0.144. The van der Waals surface area contributed by atoms with Gasteiger partial charge in [-0.1, -0.05) is 13.8 Å². The van der Waals surface area contributed by atoms with Crippen molar-refractivity contribution in [2.24, 2.45) is 5.41 Å². The molecule has 1 aliphatic rings. The van der Waals surface area contributed by atoms with E-state index in [1.807, 2.05) is 13.8 Å². The first kappa shape index (κ1) is 14.6.